The van der Waals surface area contributed by atoms with Gasteiger partial charge in [0.05, 0.1) is 11.3 Å². The number of benzene rings is 2. The fourth-order valence-corrected chi connectivity index (χ4v) is 6.10. The van der Waals surface area contributed by atoms with Gasteiger partial charge in [0, 0.05) is 47.6 Å². The molecule has 2 aromatic carbocycles. The van der Waals surface area contributed by atoms with E-state index in [-0.39, 0.29) is 5.41 Å². The predicted molar refractivity (Wildman–Crippen MR) is 162 cm³/mol. The van der Waals surface area contributed by atoms with Gasteiger partial charge in [-0.3, -0.25) is 4.98 Å². The number of allylic oxidation sites excluding steroid dienone is 1. The summed E-state index contributed by atoms with van der Waals surface area (Å²) in [6.45, 7) is 7.80. The van der Waals surface area contributed by atoms with E-state index in [2.05, 4.69) is 65.9 Å². The van der Waals surface area contributed by atoms with Crippen LogP contribution in [0.1, 0.15) is 73.9 Å². The molecule has 1 aliphatic carbocycles. The van der Waals surface area contributed by atoms with Gasteiger partial charge >= 0.3 is 0 Å². The second-order valence-corrected chi connectivity index (χ2v) is 12.4. The van der Waals surface area contributed by atoms with Crippen LogP contribution in [0.3, 0.4) is 0 Å². The normalized spacial score (nSPS) is 18.9. The fourth-order valence-electron chi connectivity index (χ4n) is 5.97. The number of hydrogen-bond donors (Lipinski definition) is 1. The second kappa shape index (κ2) is 11.0. The third-order valence-electron chi connectivity index (χ3n) is 8.82. The lowest BCUT2D eigenvalue weighted by Crippen LogP contribution is -2.42. The minimum Gasteiger partial charge on any atom is -0.487 e. The highest BCUT2D eigenvalue weighted by molar-refractivity contribution is 6.30. The van der Waals surface area contributed by atoms with Crippen molar-refractivity contribution < 1.29 is 9.84 Å². The maximum absolute atomic E-state index is 11.3. The number of pyridine rings is 1. The highest BCUT2D eigenvalue weighted by Crippen LogP contribution is 2.41. The highest BCUT2D eigenvalue weighted by Gasteiger charge is 2.34. The van der Waals surface area contributed by atoms with Crippen LogP contribution in [-0.2, 0) is 17.6 Å². The van der Waals surface area contributed by atoms with E-state index >= 15 is 0 Å². The van der Waals surface area contributed by atoms with Crippen LogP contribution in [0.4, 0.5) is 0 Å². The maximum Gasteiger partial charge on any atom is 0.131 e. The Balaban J connectivity index is 1.20. The average molecular weight is 553 g/mol. The van der Waals surface area contributed by atoms with Crippen LogP contribution in [0.15, 0.2) is 84.3 Å². The zero-order valence-corrected chi connectivity index (χ0v) is 24.2. The monoisotopic (exact) mass is 552 g/mol. The number of hydrogen-bond acceptors (Lipinski definition) is 4. The Hall–Kier alpha value is -3.14. The number of aliphatic hydroxyl groups is 1. The summed E-state index contributed by atoms with van der Waals surface area (Å²) in [6.07, 6.45) is 10.8. The van der Waals surface area contributed by atoms with Crippen molar-refractivity contribution in [3.63, 3.8) is 0 Å². The van der Waals surface area contributed by atoms with Gasteiger partial charge < -0.3 is 14.7 Å². The summed E-state index contributed by atoms with van der Waals surface area (Å²) in [4.78, 5) is 7.12. The molecule has 1 N–H and O–H groups in total. The van der Waals surface area contributed by atoms with Gasteiger partial charge in [0.15, 0.2) is 0 Å². The van der Waals surface area contributed by atoms with E-state index in [0.717, 1.165) is 79.9 Å². The van der Waals surface area contributed by atoms with Crippen LogP contribution in [0.25, 0.3) is 5.57 Å². The first-order chi connectivity index (χ1) is 19.3. The second-order valence-electron chi connectivity index (χ2n) is 12.0. The summed E-state index contributed by atoms with van der Waals surface area (Å²) < 4.78 is 6.28. The zero-order chi connectivity index (χ0) is 27.7. The predicted octanol–water partition coefficient (Wildman–Crippen LogP) is 7.59. The third kappa shape index (κ3) is 5.82. The minimum atomic E-state index is -0.781. The van der Waals surface area contributed by atoms with Gasteiger partial charge in [0.1, 0.15) is 12.4 Å². The van der Waals surface area contributed by atoms with Crippen LogP contribution >= 0.6 is 11.6 Å². The summed E-state index contributed by atoms with van der Waals surface area (Å²) in [7, 11) is 0. The lowest BCUT2D eigenvalue weighted by Gasteiger charge is -2.38. The van der Waals surface area contributed by atoms with Crippen LogP contribution in [0.2, 0.25) is 5.02 Å². The number of piperidine rings is 1. The molecule has 1 fully saturated rings. The summed E-state index contributed by atoms with van der Waals surface area (Å²) in [5, 5.41) is 12.0. The average Bonchev–Trinajstić information content (AvgIpc) is 3.81. The molecule has 1 aromatic heterocycles. The lowest BCUT2D eigenvalue weighted by atomic mass is 9.78. The maximum atomic E-state index is 11.3. The Bertz CT molecular complexity index is 1490. The van der Waals surface area contributed by atoms with E-state index in [1.165, 1.54) is 16.7 Å². The molecule has 0 bridgehead atoms. The number of ether oxygens (including phenoxy) is 1. The van der Waals surface area contributed by atoms with Gasteiger partial charge in [-0.1, -0.05) is 55.8 Å². The fraction of sp³-hybridized carbons (Fsp3) is 0.371. The van der Waals surface area contributed by atoms with Crippen molar-refractivity contribution >= 4 is 17.2 Å². The molecule has 4 nitrogen and oxygen atoms in total. The number of fused-ring (bicyclic) bond motifs is 2. The van der Waals surface area contributed by atoms with Crippen LogP contribution < -0.4 is 4.74 Å². The van der Waals surface area contributed by atoms with E-state index in [1.54, 1.807) is 0 Å². The Labute approximate surface area is 242 Å². The van der Waals surface area contributed by atoms with Crippen LogP contribution in [-0.4, -0.2) is 34.6 Å². The number of aromatic nitrogens is 1. The molecule has 206 valence electrons. The quantitative estimate of drug-likeness (QED) is 0.292. The van der Waals surface area contributed by atoms with E-state index in [9.17, 15) is 5.11 Å². The Morgan fingerprint density at radius 2 is 1.88 bits per heavy atom. The Kier molecular flexibility index (Phi) is 7.46. The molecular weight excluding hydrogens is 516 g/mol. The molecule has 0 unspecified atom stereocenters. The number of nitrogens with zero attached hydrogens (tertiary/aromatic N) is 2. The Morgan fingerprint density at radius 3 is 2.62 bits per heavy atom. The SMILES string of the molecule is CC(C)(CCC1=C=C1)c1ccc2c(c1)/C(=C/CCN1CCC(O)(c3ccc(Cl)cc3)CC1)c1cccnc1CO2. The molecule has 0 spiro atoms. The van der Waals surface area contributed by atoms with Crippen LogP contribution in [0, 0.1) is 0 Å². The molecular formula is C35H37ClN2O2. The summed E-state index contributed by atoms with van der Waals surface area (Å²) >= 11 is 6.06. The molecule has 40 heavy (non-hydrogen) atoms. The molecule has 0 amide bonds. The van der Waals surface area contributed by atoms with Crippen molar-refractivity contribution in [2.45, 2.75) is 63.6 Å². The molecule has 0 atom stereocenters. The van der Waals surface area contributed by atoms with Gasteiger partial charge in [0.2, 0.25) is 0 Å². The number of halogens is 1. The molecule has 5 heteroatoms. The van der Waals surface area contributed by atoms with Crippen molar-refractivity contribution in [1.82, 2.24) is 9.88 Å². The van der Waals surface area contributed by atoms with Crippen molar-refractivity contribution in [2.75, 3.05) is 19.6 Å². The lowest BCUT2D eigenvalue weighted by molar-refractivity contribution is -0.0254. The highest BCUT2D eigenvalue weighted by atomic mass is 35.5. The van der Waals surface area contributed by atoms with Gasteiger partial charge in [-0.05, 0) is 90.6 Å². The van der Waals surface area contributed by atoms with E-state index < -0.39 is 5.60 Å². The van der Waals surface area contributed by atoms with Gasteiger partial charge in [-0.2, -0.15) is 0 Å². The molecule has 3 aromatic rings. The summed E-state index contributed by atoms with van der Waals surface area (Å²) in [6, 6.07) is 18.5. The zero-order valence-electron chi connectivity index (χ0n) is 23.4. The Morgan fingerprint density at radius 1 is 1.10 bits per heavy atom. The third-order valence-corrected chi connectivity index (χ3v) is 9.07. The molecule has 0 saturated carbocycles. The number of rotatable bonds is 8. The first-order valence-corrected chi connectivity index (χ1v) is 14.8. The minimum absolute atomic E-state index is 0.0456. The topological polar surface area (TPSA) is 45.6 Å². The number of likely N-dealkylation sites (tertiary alicyclic amines) is 1. The van der Waals surface area contributed by atoms with E-state index in [1.807, 2.05) is 36.5 Å². The van der Waals surface area contributed by atoms with Crippen molar-refractivity contribution in [3.05, 3.63) is 117 Å². The molecule has 3 heterocycles. The molecule has 2 aliphatic heterocycles. The summed E-state index contributed by atoms with van der Waals surface area (Å²) in [5.74, 6) is 0.918. The van der Waals surface area contributed by atoms with Crippen molar-refractivity contribution in [2.24, 2.45) is 0 Å². The van der Waals surface area contributed by atoms with Crippen molar-refractivity contribution in [1.29, 1.82) is 0 Å². The smallest absolute Gasteiger partial charge is 0.131 e. The van der Waals surface area contributed by atoms with E-state index in [4.69, 9.17) is 16.3 Å². The van der Waals surface area contributed by atoms with Gasteiger partial charge in [0.25, 0.3) is 0 Å². The van der Waals surface area contributed by atoms with E-state index in [0.29, 0.717) is 11.6 Å². The first-order valence-electron chi connectivity index (χ1n) is 14.4. The standard InChI is InChI=1S/C35H37ClN2O2/c1-34(2,16-15-25-7-8-25)27-11-14-33-31(23-27)29(30-5-3-19-37-32(30)24-40-33)6-4-20-38-21-17-35(39,18-22-38)26-9-12-28(36)13-10-26/h3,5-7,9-14,19,23,39H,4,15-18,20-22,24H2,1-2H3/b29-6+. The summed E-state index contributed by atoms with van der Waals surface area (Å²) in [5.41, 5.74) is 10.6. The molecule has 0 radical (unpaired) electrons. The van der Waals surface area contributed by atoms with Gasteiger partial charge in [-0.25, -0.2) is 0 Å². The molecule has 6 rings (SSSR count). The van der Waals surface area contributed by atoms with Gasteiger partial charge in [-0.15, -0.1) is 5.73 Å². The van der Waals surface area contributed by atoms with Crippen molar-refractivity contribution in [3.8, 4) is 5.75 Å². The first kappa shape index (κ1) is 27.1. The molecule has 1 saturated heterocycles. The van der Waals surface area contributed by atoms with Crippen LogP contribution in [0.5, 0.6) is 5.75 Å². The largest absolute Gasteiger partial charge is 0.487 e. The molecule has 3 aliphatic rings.